The maximum atomic E-state index is 12.1. The summed E-state index contributed by atoms with van der Waals surface area (Å²) in [7, 11) is 3.83. The minimum absolute atomic E-state index is 0.0935. The highest BCUT2D eigenvalue weighted by Gasteiger charge is 2.07. The van der Waals surface area contributed by atoms with Crippen LogP contribution in [-0.2, 0) is 0 Å². The first-order valence-electron chi connectivity index (χ1n) is 8.02. The fourth-order valence-electron chi connectivity index (χ4n) is 2.18. The second kappa shape index (κ2) is 9.14. The van der Waals surface area contributed by atoms with Crippen LogP contribution in [0.2, 0.25) is 0 Å². The topological polar surface area (TPSA) is 84.7 Å². The number of nitrogens with two attached hydrogens (primary N) is 1. The highest BCUT2D eigenvalue weighted by atomic mass is 16.5. The summed E-state index contributed by atoms with van der Waals surface area (Å²) in [6.45, 7) is 0.294. The molecule has 0 fully saturated rings. The van der Waals surface area contributed by atoms with Crippen molar-refractivity contribution in [3.8, 4) is 17.6 Å². The Hall–Kier alpha value is -3.46. The highest BCUT2D eigenvalue weighted by Crippen LogP contribution is 2.16. The molecule has 2 amide bonds. The summed E-state index contributed by atoms with van der Waals surface area (Å²) in [4.78, 5) is 25.3. The largest absolute Gasteiger partial charge is 0.480 e. The molecule has 3 N–H and O–H groups in total. The van der Waals surface area contributed by atoms with Crippen molar-refractivity contribution in [2.45, 2.75) is 0 Å². The standard InChI is InChI=1S/C20H21N3O3/c1-23(2)16-9-7-8-15(14-16)20(25)22-12-5-6-13-26-18-11-4-3-10-17(18)19(21)24/h3-4,7-11,14H,12-13H2,1-2H3,(H2,21,24)(H,22,25). The van der Waals surface area contributed by atoms with Gasteiger partial charge in [0.25, 0.3) is 11.8 Å². The van der Waals surface area contributed by atoms with Crippen LogP contribution in [0, 0.1) is 11.8 Å². The average molecular weight is 351 g/mol. The van der Waals surface area contributed by atoms with Crippen LogP contribution in [0.3, 0.4) is 0 Å². The molecule has 2 aromatic carbocycles. The lowest BCUT2D eigenvalue weighted by Crippen LogP contribution is -2.24. The molecule has 0 aliphatic heterocycles. The normalized spacial score (nSPS) is 9.62. The molecule has 0 aromatic heterocycles. The number of para-hydroxylation sites is 1. The van der Waals surface area contributed by atoms with Crippen molar-refractivity contribution >= 4 is 17.5 Å². The zero-order valence-corrected chi connectivity index (χ0v) is 14.8. The molecule has 0 aliphatic carbocycles. The second-order valence-corrected chi connectivity index (χ2v) is 5.63. The number of ether oxygens (including phenoxy) is 1. The van der Waals surface area contributed by atoms with Crippen molar-refractivity contribution in [2.24, 2.45) is 5.73 Å². The number of hydrogen-bond donors (Lipinski definition) is 2. The molecular weight excluding hydrogens is 330 g/mol. The van der Waals surface area contributed by atoms with E-state index >= 15 is 0 Å². The fraction of sp³-hybridized carbons (Fsp3) is 0.200. The van der Waals surface area contributed by atoms with Crippen LogP contribution in [0.25, 0.3) is 0 Å². The van der Waals surface area contributed by atoms with Crippen LogP contribution in [-0.4, -0.2) is 39.1 Å². The van der Waals surface area contributed by atoms with Gasteiger partial charge in [0.05, 0.1) is 12.1 Å². The molecule has 6 nitrogen and oxygen atoms in total. The molecule has 2 rings (SSSR count). The Bertz CT molecular complexity index is 851. The van der Waals surface area contributed by atoms with Gasteiger partial charge in [-0.3, -0.25) is 9.59 Å². The first-order valence-corrected chi connectivity index (χ1v) is 8.02. The molecule has 6 heteroatoms. The summed E-state index contributed by atoms with van der Waals surface area (Å²) in [5.74, 6) is 5.24. The van der Waals surface area contributed by atoms with Gasteiger partial charge in [0.15, 0.2) is 0 Å². The van der Waals surface area contributed by atoms with Crippen LogP contribution in [0.15, 0.2) is 48.5 Å². The molecule has 26 heavy (non-hydrogen) atoms. The second-order valence-electron chi connectivity index (χ2n) is 5.63. The lowest BCUT2D eigenvalue weighted by Gasteiger charge is -2.13. The zero-order valence-electron chi connectivity index (χ0n) is 14.8. The van der Waals surface area contributed by atoms with Crippen LogP contribution >= 0.6 is 0 Å². The minimum atomic E-state index is -0.555. The lowest BCUT2D eigenvalue weighted by atomic mass is 10.2. The number of rotatable bonds is 6. The summed E-state index contributed by atoms with van der Waals surface area (Å²) < 4.78 is 5.44. The quantitative estimate of drug-likeness (QED) is 0.775. The molecule has 0 bridgehead atoms. The van der Waals surface area contributed by atoms with Crippen molar-refractivity contribution in [2.75, 3.05) is 32.1 Å². The van der Waals surface area contributed by atoms with Crippen LogP contribution in [0.5, 0.6) is 5.75 Å². The van der Waals surface area contributed by atoms with Crippen LogP contribution in [0.4, 0.5) is 5.69 Å². The van der Waals surface area contributed by atoms with Gasteiger partial charge < -0.3 is 20.7 Å². The Morgan fingerprint density at radius 3 is 2.62 bits per heavy atom. The van der Waals surface area contributed by atoms with E-state index in [2.05, 4.69) is 17.2 Å². The number of nitrogens with one attached hydrogen (secondary N) is 1. The van der Waals surface area contributed by atoms with E-state index in [9.17, 15) is 9.59 Å². The third-order valence-corrected chi connectivity index (χ3v) is 3.54. The average Bonchev–Trinajstić information content (AvgIpc) is 2.64. The van der Waals surface area contributed by atoms with Gasteiger partial charge in [-0.1, -0.05) is 30.0 Å². The summed E-state index contributed by atoms with van der Waals surface area (Å²) in [5.41, 5.74) is 7.11. The molecule has 0 saturated heterocycles. The Balaban J connectivity index is 1.83. The van der Waals surface area contributed by atoms with Gasteiger partial charge in [-0.25, -0.2) is 0 Å². The zero-order chi connectivity index (χ0) is 18.9. The van der Waals surface area contributed by atoms with Crippen LogP contribution in [0.1, 0.15) is 20.7 Å². The molecule has 0 heterocycles. The smallest absolute Gasteiger partial charge is 0.252 e. The van der Waals surface area contributed by atoms with E-state index in [-0.39, 0.29) is 19.1 Å². The molecule has 0 radical (unpaired) electrons. The molecule has 2 aromatic rings. The van der Waals surface area contributed by atoms with E-state index in [1.165, 1.54) is 0 Å². The van der Waals surface area contributed by atoms with Gasteiger partial charge in [-0.2, -0.15) is 0 Å². The number of amides is 2. The molecule has 0 atom stereocenters. The van der Waals surface area contributed by atoms with Crippen molar-refractivity contribution < 1.29 is 14.3 Å². The summed E-state index contributed by atoms with van der Waals surface area (Å²) in [6, 6.07) is 14.0. The Morgan fingerprint density at radius 1 is 1.12 bits per heavy atom. The summed E-state index contributed by atoms with van der Waals surface area (Å²) in [5, 5.41) is 2.73. The van der Waals surface area contributed by atoms with Crippen LogP contribution < -0.4 is 20.7 Å². The molecule has 0 spiro atoms. The number of carbonyl (C=O) groups excluding carboxylic acids is 2. The highest BCUT2D eigenvalue weighted by molar-refractivity contribution is 5.96. The molecule has 0 unspecified atom stereocenters. The first kappa shape index (κ1) is 18.9. The summed E-state index contributed by atoms with van der Waals surface area (Å²) in [6.07, 6.45) is 0. The first-order chi connectivity index (χ1) is 12.5. The molecule has 0 aliphatic rings. The number of nitrogens with zero attached hydrogens (tertiary/aromatic N) is 1. The SMILES string of the molecule is CN(C)c1cccc(C(=O)NCC#CCOc2ccccc2C(N)=O)c1. The molecule has 134 valence electrons. The maximum Gasteiger partial charge on any atom is 0.252 e. The van der Waals surface area contributed by atoms with Gasteiger partial charge in [0.1, 0.15) is 12.4 Å². The van der Waals surface area contributed by atoms with Crippen molar-refractivity contribution in [3.05, 3.63) is 59.7 Å². The van der Waals surface area contributed by atoms with Crippen molar-refractivity contribution in [1.29, 1.82) is 0 Å². The fourth-order valence-corrected chi connectivity index (χ4v) is 2.18. The maximum absolute atomic E-state index is 12.1. The van der Waals surface area contributed by atoms with Gasteiger partial charge in [-0.05, 0) is 30.3 Å². The Labute approximate surface area is 152 Å². The molecule has 0 saturated carbocycles. The van der Waals surface area contributed by atoms with E-state index in [0.717, 1.165) is 5.69 Å². The Kier molecular flexibility index (Phi) is 6.63. The van der Waals surface area contributed by atoms with E-state index in [1.807, 2.05) is 37.2 Å². The number of primary amides is 1. The third kappa shape index (κ3) is 5.28. The predicted octanol–water partition coefficient (Wildman–Crippen LogP) is 1.66. The van der Waals surface area contributed by atoms with E-state index in [1.54, 1.807) is 30.3 Å². The summed E-state index contributed by atoms with van der Waals surface area (Å²) >= 11 is 0. The number of anilines is 1. The molecular formula is C20H21N3O3. The van der Waals surface area contributed by atoms with E-state index in [4.69, 9.17) is 10.5 Å². The number of hydrogen-bond acceptors (Lipinski definition) is 4. The van der Waals surface area contributed by atoms with Gasteiger partial charge >= 0.3 is 0 Å². The third-order valence-electron chi connectivity index (χ3n) is 3.54. The minimum Gasteiger partial charge on any atom is -0.480 e. The van der Waals surface area contributed by atoms with E-state index < -0.39 is 5.91 Å². The lowest BCUT2D eigenvalue weighted by molar-refractivity contribution is 0.0957. The number of benzene rings is 2. The van der Waals surface area contributed by atoms with E-state index in [0.29, 0.717) is 16.9 Å². The van der Waals surface area contributed by atoms with Crippen molar-refractivity contribution in [3.63, 3.8) is 0 Å². The number of carbonyl (C=O) groups is 2. The Morgan fingerprint density at radius 2 is 1.88 bits per heavy atom. The van der Waals surface area contributed by atoms with Gasteiger partial charge in [-0.15, -0.1) is 0 Å². The predicted molar refractivity (Wildman–Crippen MR) is 101 cm³/mol. The van der Waals surface area contributed by atoms with Gasteiger partial charge in [0, 0.05) is 25.3 Å². The van der Waals surface area contributed by atoms with Crippen molar-refractivity contribution in [1.82, 2.24) is 5.32 Å². The van der Waals surface area contributed by atoms with Gasteiger partial charge in [0.2, 0.25) is 0 Å². The monoisotopic (exact) mass is 351 g/mol.